The number of phenolic OH excluding ortho intramolecular Hbond substituents is 1. The molecular weight excluding hydrogens is 564 g/mol. The Morgan fingerprint density at radius 3 is 1.71 bits per heavy atom. The van der Waals surface area contributed by atoms with Crippen LogP contribution in [0.2, 0.25) is 0 Å². The fourth-order valence-electron chi connectivity index (χ4n) is 4.75. The van der Waals surface area contributed by atoms with Crippen LogP contribution in [0, 0.1) is 0 Å². The maximum atomic E-state index is 12.8. The van der Waals surface area contributed by atoms with Crippen molar-refractivity contribution in [3.05, 3.63) is 52.7 Å². The van der Waals surface area contributed by atoms with E-state index in [1.54, 1.807) is 0 Å². The van der Waals surface area contributed by atoms with Crippen LogP contribution in [0.4, 0.5) is 0 Å². The van der Waals surface area contributed by atoms with Crippen molar-refractivity contribution in [2.75, 3.05) is 13.2 Å². The molecule has 15 heteroatoms. The molecule has 2 aliphatic heterocycles. The lowest BCUT2D eigenvalue weighted by Gasteiger charge is -2.39. The number of aliphatic hydroxyl groups excluding tert-OH is 8. The number of ether oxygens (including phenoxy) is 4. The van der Waals surface area contributed by atoms with Gasteiger partial charge in [0.15, 0.2) is 5.43 Å². The molecule has 2 fully saturated rings. The molecule has 0 bridgehead atoms. The number of aromatic hydroxyl groups is 1. The summed E-state index contributed by atoms with van der Waals surface area (Å²) in [6.45, 7) is -1.28. The molecule has 0 saturated carbocycles. The first kappa shape index (κ1) is 30.1. The zero-order valence-corrected chi connectivity index (χ0v) is 21.7. The molecule has 3 heterocycles. The first-order chi connectivity index (χ1) is 20.0. The number of phenols is 1. The molecule has 0 aliphatic carbocycles. The largest absolute Gasteiger partial charge is 0.507 e. The SMILES string of the molecule is O=c1cc(-c2ccc(O[C@H]3O[C@@H](CO)[C@H](O)[C@H](O)[C@@H]3O)cc2)oc2cc(O[C@H]3O[C@@H](CO)[C@H](O)[C@H](O)[C@@H]3O)cc(O)c12. The van der Waals surface area contributed by atoms with Gasteiger partial charge in [-0.25, -0.2) is 0 Å². The third kappa shape index (κ3) is 5.67. The summed E-state index contributed by atoms with van der Waals surface area (Å²) >= 11 is 0. The minimum atomic E-state index is -1.71. The molecule has 0 unspecified atom stereocenters. The lowest BCUT2D eigenvalue weighted by atomic mass is 9.99. The van der Waals surface area contributed by atoms with Crippen molar-refractivity contribution in [1.82, 2.24) is 0 Å². The van der Waals surface area contributed by atoms with Crippen molar-refractivity contribution in [2.45, 2.75) is 61.4 Å². The average molecular weight is 595 g/mol. The Morgan fingerprint density at radius 1 is 0.667 bits per heavy atom. The molecule has 1 aromatic heterocycles. The summed E-state index contributed by atoms with van der Waals surface area (Å²) < 4.78 is 27.6. The Bertz CT molecular complexity index is 1440. The van der Waals surface area contributed by atoms with Crippen LogP contribution in [0.3, 0.4) is 0 Å². The minimum absolute atomic E-state index is 0.0799. The molecule has 9 N–H and O–H groups in total. The number of benzene rings is 2. The van der Waals surface area contributed by atoms with Crippen molar-refractivity contribution < 1.29 is 69.3 Å². The highest BCUT2D eigenvalue weighted by Gasteiger charge is 2.45. The van der Waals surface area contributed by atoms with Crippen molar-refractivity contribution >= 4 is 11.0 Å². The lowest BCUT2D eigenvalue weighted by Crippen LogP contribution is -2.60. The Labute approximate surface area is 236 Å². The molecule has 2 saturated heterocycles. The molecule has 15 nitrogen and oxygen atoms in total. The van der Waals surface area contributed by atoms with E-state index in [9.17, 15) is 50.8 Å². The summed E-state index contributed by atoms with van der Waals surface area (Å²) in [6, 6.07) is 9.40. The molecular formula is C27H30O15. The summed E-state index contributed by atoms with van der Waals surface area (Å²) in [5, 5.41) is 89.3. The summed E-state index contributed by atoms with van der Waals surface area (Å²) in [4.78, 5) is 12.8. The van der Waals surface area contributed by atoms with Crippen molar-refractivity contribution in [1.29, 1.82) is 0 Å². The second-order valence-corrected chi connectivity index (χ2v) is 9.95. The Kier molecular flexibility index (Phi) is 8.68. The summed E-state index contributed by atoms with van der Waals surface area (Å²) in [5.74, 6) is -0.362. The zero-order chi connectivity index (χ0) is 30.3. The van der Waals surface area contributed by atoms with Gasteiger partial charge in [0, 0.05) is 23.8 Å². The van der Waals surface area contributed by atoms with E-state index in [0.29, 0.717) is 5.56 Å². The molecule has 2 aromatic carbocycles. The Balaban J connectivity index is 1.37. The summed E-state index contributed by atoms with van der Waals surface area (Å²) in [7, 11) is 0. The molecule has 228 valence electrons. The van der Waals surface area contributed by atoms with Gasteiger partial charge < -0.3 is 69.3 Å². The summed E-state index contributed by atoms with van der Waals surface area (Å²) in [5.41, 5.74) is -0.293. The molecule has 0 spiro atoms. The lowest BCUT2D eigenvalue weighted by molar-refractivity contribution is -0.277. The van der Waals surface area contributed by atoms with E-state index in [2.05, 4.69) is 0 Å². The van der Waals surface area contributed by atoms with E-state index in [0.717, 1.165) is 12.1 Å². The number of rotatable bonds is 7. The van der Waals surface area contributed by atoms with Gasteiger partial charge in [-0.15, -0.1) is 0 Å². The van der Waals surface area contributed by atoms with Crippen LogP contribution in [-0.4, -0.2) is 121 Å². The Hall–Kier alpha value is -3.35. The van der Waals surface area contributed by atoms with E-state index in [-0.39, 0.29) is 28.2 Å². The van der Waals surface area contributed by atoms with Gasteiger partial charge in [0.2, 0.25) is 12.6 Å². The second-order valence-electron chi connectivity index (χ2n) is 9.95. The van der Waals surface area contributed by atoms with Gasteiger partial charge in [-0.1, -0.05) is 0 Å². The van der Waals surface area contributed by atoms with Gasteiger partial charge >= 0.3 is 0 Å². The number of fused-ring (bicyclic) bond motifs is 1. The zero-order valence-electron chi connectivity index (χ0n) is 21.7. The molecule has 2 aliphatic rings. The molecule has 42 heavy (non-hydrogen) atoms. The fourth-order valence-corrected chi connectivity index (χ4v) is 4.75. The van der Waals surface area contributed by atoms with Crippen molar-refractivity contribution in [3.8, 4) is 28.6 Å². The highest BCUT2D eigenvalue weighted by molar-refractivity contribution is 5.86. The Morgan fingerprint density at radius 2 is 1.19 bits per heavy atom. The van der Waals surface area contributed by atoms with Crippen LogP contribution in [0.15, 0.2) is 51.7 Å². The molecule has 10 atom stereocenters. The fraction of sp³-hybridized carbons (Fsp3) is 0.444. The van der Waals surface area contributed by atoms with E-state index in [1.165, 1.54) is 30.3 Å². The molecule has 0 radical (unpaired) electrons. The molecule has 3 aromatic rings. The third-order valence-electron chi connectivity index (χ3n) is 7.12. The maximum Gasteiger partial charge on any atom is 0.229 e. The van der Waals surface area contributed by atoms with Gasteiger partial charge in [-0.05, 0) is 24.3 Å². The van der Waals surface area contributed by atoms with Gasteiger partial charge in [-0.2, -0.15) is 0 Å². The van der Waals surface area contributed by atoms with Crippen molar-refractivity contribution in [3.63, 3.8) is 0 Å². The van der Waals surface area contributed by atoms with E-state index in [1.807, 2.05) is 0 Å². The van der Waals surface area contributed by atoms with Gasteiger partial charge in [0.05, 0.1) is 13.2 Å². The first-order valence-electron chi connectivity index (χ1n) is 12.9. The van der Waals surface area contributed by atoms with E-state index >= 15 is 0 Å². The number of hydrogen-bond acceptors (Lipinski definition) is 15. The number of aliphatic hydroxyl groups is 8. The normalized spacial score (nSPS) is 33.4. The van der Waals surface area contributed by atoms with E-state index < -0.39 is 85.8 Å². The number of hydrogen-bond donors (Lipinski definition) is 9. The van der Waals surface area contributed by atoms with Crippen LogP contribution in [0.5, 0.6) is 17.2 Å². The van der Waals surface area contributed by atoms with Crippen LogP contribution in [-0.2, 0) is 9.47 Å². The highest BCUT2D eigenvalue weighted by atomic mass is 16.7. The van der Waals surface area contributed by atoms with Crippen LogP contribution in [0.1, 0.15) is 0 Å². The third-order valence-corrected chi connectivity index (χ3v) is 7.12. The quantitative estimate of drug-likeness (QED) is 0.137. The summed E-state index contributed by atoms with van der Waals surface area (Å²) in [6.07, 6.45) is -15.0. The van der Waals surface area contributed by atoms with Crippen LogP contribution >= 0.6 is 0 Å². The van der Waals surface area contributed by atoms with Crippen LogP contribution < -0.4 is 14.9 Å². The smallest absolute Gasteiger partial charge is 0.229 e. The second kappa shape index (κ2) is 12.1. The molecule has 5 rings (SSSR count). The topological polar surface area (TPSA) is 249 Å². The van der Waals surface area contributed by atoms with Crippen molar-refractivity contribution in [2.24, 2.45) is 0 Å². The molecule has 0 amide bonds. The first-order valence-corrected chi connectivity index (χ1v) is 12.9. The van der Waals surface area contributed by atoms with Gasteiger partial charge in [-0.3, -0.25) is 4.79 Å². The predicted octanol–water partition coefficient (Wildman–Crippen LogP) is -2.48. The van der Waals surface area contributed by atoms with Crippen LogP contribution in [0.25, 0.3) is 22.3 Å². The minimum Gasteiger partial charge on any atom is -0.507 e. The average Bonchev–Trinajstić information content (AvgIpc) is 2.97. The maximum absolute atomic E-state index is 12.8. The van der Waals surface area contributed by atoms with E-state index in [4.69, 9.17) is 23.4 Å². The predicted molar refractivity (Wildman–Crippen MR) is 138 cm³/mol. The monoisotopic (exact) mass is 594 g/mol. The van der Waals surface area contributed by atoms with Gasteiger partial charge in [0.25, 0.3) is 0 Å². The highest BCUT2D eigenvalue weighted by Crippen LogP contribution is 2.34. The standard InChI is InChI=1S/C27H30O15/c28-8-17-20(32)22(34)24(36)26(41-17)38-11-3-1-10(2-4-11)15-7-14(31)19-13(30)5-12(6-16(19)40-15)39-27-25(37)23(35)21(33)18(9-29)42-27/h1-7,17-18,20-30,32-37H,8-9H2/t17-,18-,20-,21-,22-,23-,24-,25-,26-,27-/m0/s1. The van der Waals surface area contributed by atoms with Gasteiger partial charge in [0.1, 0.15) is 82.8 Å².